The minimum Gasteiger partial charge on any atom is -0.455 e. The van der Waals surface area contributed by atoms with Crippen LogP contribution in [0.1, 0.15) is 80.2 Å². The highest BCUT2D eigenvalue weighted by Gasteiger charge is 2.59. The summed E-state index contributed by atoms with van der Waals surface area (Å²) in [4.78, 5) is 59.3. The number of amides is 1. The van der Waals surface area contributed by atoms with Crippen LogP contribution in [0.2, 0.25) is 0 Å². The maximum Gasteiger partial charge on any atom is 0.408 e. The van der Waals surface area contributed by atoms with Crippen molar-refractivity contribution in [2.24, 2.45) is 23.7 Å². The number of aliphatic hydroxyl groups excluding tert-OH is 1. The van der Waals surface area contributed by atoms with Crippen LogP contribution in [0.5, 0.6) is 0 Å². The van der Waals surface area contributed by atoms with Crippen LogP contribution in [0.15, 0.2) is 42.6 Å². The number of alkyl halides is 2. The second kappa shape index (κ2) is 16.7. The van der Waals surface area contributed by atoms with Gasteiger partial charge < -0.3 is 34.1 Å². The van der Waals surface area contributed by atoms with Crippen LogP contribution in [0.3, 0.4) is 0 Å². The standard InChI is InChI=1S/C41H54F2N2O10/c1-22-19-24(3)52-36(32(22)47)54-35-26(5)34(48)40(7,43)37(49)53-30(15-16-42)41(8)33(45-38(50)55-41)25(4)31(46)23(2)21-39(35,6)51-18-10-11-27-13-14-28-12-9-17-44-29(28)20-27/h9-14,17,20,22-26,30,32-33,35-36,47H,15-16,18-19,21H2,1-8H3,(H,45,50)/b11-10+/t22?,23-,24?,25+,26+,30-,32?,33-,35-,36?,39-,40+,41-/m1/s1. The predicted molar refractivity (Wildman–Crippen MR) is 198 cm³/mol. The molecule has 1 aromatic carbocycles. The highest BCUT2D eigenvalue weighted by atomic mass is 19.1. The second-order valence-corrected chi connectivity index (χ2v) is 16.1. The lowest BCUT2D eigenvalue weighted by Gasteiger charge is -2.46. The summed E-state index contributed by atoms with van der Waals surface area (Å²) in [5, 5.41) is 14.8. The Morgan fingerprint density at radius 3 is 2.49 bits per heavy atom. The van der Waals surface area contributed by atoms with Gasteiger partial charge >= 0.3 is 12.1 Å². The molecule has 0 radical (unpaired) electrons. The van der Waals surface area contributed by atoms with Crippen LogP contribution >= 0.6 is 0 Å². The van der Waals surface area contributed by atoms with E-state index in [-0.39, 0.29) is 30.8 Å². The zero-order chi connectivity index (χ0) is 40.5. The molecule has 1 amide bonds. The fourth-order valence-corrected chi connectivity index (χ4v) is 8.45. The number of nitrogens with zero attached hydrogens (tertiary/aromatic N) is 1. The van der Waals surface area contributed by atoms with E-state index in [4.69, 9.17) is 23.7 Å². The van der Waals surface area contributed by atoms with Crippen LogP contribution in [0.4, 0.5) is 13.6 Å². The third-order valence-electron chi connectivity index (χ3n) is 11.6. The summed E-state index contributed by atoms with van der Waals surface area (Å²) in [5.74, 6) is -6.73. The first-order chi connectivity index (χ1) is 25.8. The number of aliphatic hydroxyl groups is 1. The third kappa shape index (κ3) is 8.77. The lowest BCUT2D eigenvalue weighted by Crippen LogP contribution is -2.61. The highest BCUT2D eigenvalue weighted by molar-refractivity contribution is 6.08. The number of cyclic esters (lactones) is 1. The Hall–Kier alpha value is -3.85. The SMILES string of the molecule is CC1CC(C)C(O)C(O[C@@H]2[C@@H](C)C(=O)[C@](C)(F)C(=O)O[C@H](CCF)[C@@]3(C)OC(=O)N[C@@H]3[C@@H](C)C(=O)[C@H](C)C[C@@]2(C)OC/C=C/c2ccc3cccnc3c2)O1. The molecule has 1 aromatic heterocycles. The molecule has 13 atom stereocenters. The number of alkyl carbamates (subject to hydrolysis) is 1. The van der Waals surface area contributed by atoms with Gasteiger partial charge in [-0.2, -0.15) is 0 Å². The monoisotopic (exact) mass is 772 g/mol. The van der Waals surface area contributed by atoms with Gasteiger partial charge in [-0.15, -0.1) is 0 Å². The Labute approximate surface area is 320 Å². The van der Waals surface area contributed by atoms with Crippen molar-refractivity contribution in [1.29, 1.82) is 0 Å². The number of rotatable bonds is 8. The molecule has 3 fully saturated rings. The van der Waals surface area contributed by atoms with Gasteiger partial charge in [0, 0.05) is 35.8 Å². The maximum atomic E-state index is 16.8. The number of benzene rings is 1. The van der Waals surface area contributed by atoms with Gasteiger partial charge in [0.05, 0.1) is 42.6 Å². The van der Waals surface area contributed by atoms with Gasteiger partial charge in [-0.05, 0) is 64.2 Å². The van der Waals surface area contributed by atoms with Crippen LogP contribution in [0.25, 0.3) is 17.0 Å². The van der Waals surface area contributed by atoms with Crippen LogP contribution in [-0.4, -0.2) is 101 Å². The molecular formula is C41H54F2N2O10. The quantitative estimate of drug-likeness (QED) is 0.245. The lowest BCUT2D eigenvalue weighted by atomic mass is 9.73. The lowest BCUT2D eigenvalue weighted by molar-refractivity contribution is -0.296. The average Bonchev–Trinajstić information content (AvgIpc) is 3.46. The average molecular weight is 773 g/mol. The van der Waals surface area contributed by atoms with Crippen molar-refractivity contribution in [3.8, 4) is 0 Å². The molecule has 4 heterocycles. The Kier molecular flexibility index (Phi) is 12.8. The summed E-state index contributed by atoms with van der Waals surface area (Å²) >= 11 is 0. The maximum absolute atomic E-state index is 16.8. The number of aromatic nitrogens is 1. The van der Waals surface area contributed by atoms with Gasteiger partial charge in [-0.1, -0.05) is 58.0 Å². The Morgan fingerprint density at radius 2 is 1.78 bits per heavy atom. The van der Waals surface area contributed by atoms with Crippen molar-refractivity contribution in [2.75, 3.05) is 13.3 Å². The molecule has 0 aliphatic carbocycles. The molecule has 302 valence electrons. The molecule has 3 saturated heterocycles. The number of nitrogens with one attached hydrogen (secondary N) is 1. The Morgan fingerprint density at radius 1 is 1.05 bits per heavy atom. The van der Waals surface area contributed by atoms with Crippen molar-refractivity contribution in [1.82, 2.24) is 10.3 Å². The van der Waals surface area contributed by atoms with E-state index in [1.807, 2.05) is 50.3 Å². The van der Waals surface area contributed by atoms with E-state index in [0.29, 0.717) is 6.42 Å². The highest BCUT2D eigenvalue weighted by Crippen LogP contribution is 2.41. The molecule has 0 bridgehead atoms. The summed E-state index contributed by atoms with van der Waals surface area (Å²) in [7, 11) is 0. The minimum atomic E-state index is -3.30. The van der Waals surface area contributed by atoms with E-state index in [2.05, 4.69) is 10.3 Å². The summed E-state index contributed by atoms with van der Waals surface area (Å²) < 4.78 is 60.9. The molecule has 5 rings (SSSR count). The second-order valence-electron chi connectivity index (χ2n) is 16.1. The number of Topliss-reactive ketones (excluding diaryl/α,β-unsaturated/α-hetero) is 2. The molecule has 3 aliphatic rings. The number of hydrogen-bond donors (Lipinski definition) is 2. The summed E-state index contributed by atoms with van der Waals surface area (Å²) in [6.07, 6.45) is -1.42. The summed E-state index contributed by atoms with van der Waals surface area (Å²) in [6.45, 7) is 10.9. The number of carbonyl (C=O) groups excluding carboxylic acids is 4. The number of hydrogen-bond acceptors (Lipinski definition) is 11. The molecule has 12 nitrogen and oxygen atoms in total. The van der Waals surface area contributed by atoms with Gasteiger partial charge in [0.25, 0.3) is 5.67 Å². The molecule has 0 saturated carbocycles. The largest absolute Gasteiger partial charge is 0.455 e. The zero-order valence-corrected chi connectivity index (χ0v) is 32.8. The third-order valence-corrected chi connectivity index (χ3v) is 11.6. The van der Waals surface area contributed by atoms with Crippen LogP contribution < -0.4 is 5.32 Å². The molecule has 2 N–H and O–H groups in total. The van der Waals surface area contributed by atoms with Gasteiger partial charge in [0.2, 0.25) is 0 Å². The van der Waals surface area contributed by atoms with Gasteiger partial charge in [-0.3, -0.25) is 19.0 Å². The first-order valence-corrected chi connectivity index (χ1v) is 19.0. The number of halogens is 2. The topological polar surface area (TPSA) is 160 Å². The molecule has 14 heteroatoms. The molecule has 55 heavy (non-hydrogen) atoms. The molecule has 3 aliphatic heterocycles. The Bertz CT molecular complexity index is 1770. The normalized spacial score (nSPS) is 39.3. The number of pyridine rings is 1. The van der Waals surface area contributed by atoms with E-state index < -0.39 is 96.2 Å². The smallest absolute Gasteiger partial charge is 0.408 e. The fraction of sp³-hybridized carbons (Fsp3) is 0.634. The van der Waals surface area contributed by atoms with Crippen molar-refractivity contribution < 1.29 is 56.7 Å². The van der Waals surface area contributed by atoms with E-state index in [9.17, 15) is 28.7 Å². The van der Waals surface area contributed by atoms with Gasteiger partial charge in [-0.25, -0.2) is 14.0 Å². The molecule has 0 spiro atoms. The number of ketones is 2. The first-order valence-electron chi connectivity index (χ1n) is 19.0. The number of esters is 1. The molecular weight excluding hydrogens is 718 g/mol. The minimum absolute atomic E-state index is 0.0562. The summed E-state index contributed by atoms with van der Waals surface area (Å²) in [5.41, 5.74) is -5.02. The molecule has 2 aromatic rings. The van der Waals surface area contributed by atoms with Crippen molar-refractivity contribution in [2.45, 2.75) is 128 Å². The Balaban J connectivity index is 1.57. The van der Waals surface area contributed by atoms with Crippen molar-refractivity contribution >= 4 is 40.6 Å². The first kappa shape index (κ1) is 42.3. The van der Waals surface area contributed by atoms with E-state index in [1.54, 1.807) is 33.0 Å². The van der Waals surface area contributed by atoms with E-state index in [0.717, 1.165) is 23.4 Å². The number of ether oxygens (including phenoxy) is 5. The molecule has 4 unspecified atom stereocenters. The van der Waals surface area contributed by atoms with Crippen LogP contribution in [-0.2, 0) is 38.1 Å². The van der Waals surface area contributed by atoms with Crippen LogP contribution in [0, 0.1) is 23.7 Å². The van der Waals surface area contributed by atoms with E-state index >= 15 is 4.39 Å². The zero-order valence-electron chi connectivity index (χ0n) is 32.8. The van der Waals surface area contributed by atoms with E-state index in [1.165, 1.54) is 13.8 Å². The van der Waals surface area contributed by atoms with Gasteiger partial charge in [0.1, 0.15) is 18.0 Å². The number of carbonyl (C=O) groups is 4. The van der Waals surface area contributed by atoms with Crippen molar-refractivity contribution in [3.05, 3.63) is 48.2 Å². The predicted octanol–water partition coefficient (Wildman–Crippen LogP) is 5.86. The fourth-order valence-electron chi connectivity index (χ4n) is 8.45. The summed E-state index contributed by atoms with van der Waals surface area (Å²) in [6, 6.07) is 8.45. The van der Waals surface area contributed by atoms with Crippen molar-refractivity contribution in [3.63, 3.8) is 0 Å². The van der Waals surface area contributed by atoms with Gasteiger partial charge in [0.15, 0.2) is 17.7 Å². The number of fused-ring (bicyclic) bond motifs is 2.